The Labute approximate surface area is 203 Å². The number of aromatic nitrogens is 2. The average Bonchev–Trinajstić information content (AvgIpc) is 3.25. The number of rotatable bonds is 7. The molecule has 1 aliphatic carbocycles. The quantitative estimate of drug-likeness (QED) is 0.520. The number of nitrogens with one attached hydrogen (secondary N) is 3. The third kappa shape index (κ3) is 6.49. The van der Waals surface area contributed by atoms with Crippen LogP contribution in [0, 0.1) is 0 Å². The van der Waals surface area contributed by atoms with Gasteiger partial charge in [0.25, 0.3) is 5.56 Å². The third-order valence-electron chi connectivity index (χ3n) is 6.13. The van der Waals surface area contributed by atoms with Gasteiger partial charge in [0, 0.05) is 25.0 Å². The molecule has 184 valence electrons. The second kappa shape index (κ2) is 10.7. The molecular weight excluding hydrogens is 482 g/mol. The van der Waals surface area contributed by atoms with Crippen molar-refractivity contribution in [3.8, 4) is 0 Å². The van der Waals surface area contributed by atoms with E-state index in [1.165, 1.54) is 6.20 Å². The summed E-state index contributed by atoms with van der Waals surface area (Å²) in [5.74, 6) is -0.0462. The van der Waals surface area contributed by atoms with Crippen LogP contribution in [0.2, 0.25) is 5.02 Å². The predicted octanol–water partition coefficient (Wildman–Crippen LogP) is 2.16. The Morgan fingerprint density at radius 2 is 1.85 bits per heavy atom. The molecule has 3 N–H and O–H groups in total. The van der Waals surface area contributed by atoms with Crippen LogP contribution < -0.4 is 20.5 Å². The SMILES string of the molecule is O=C(NC1CCC(NS(=O)(=O)Cc2ccccc2)CC1)O[C@@H]1CCN(c2cn[nH]c(=O)c2Cl)C1. The number of aromatic amines is 1. The molecule has 1 saturated heterocycles. The number of alkyl carbamates (subject to hydrolysis) is 1. The van der Waals surface area contributed by atoms with Gasteiger partial charge in [-0.25, -0.2) is 23.0 Å². The number of halogens is 1. The van der Waals surface area contributed by atoms with Crippen molar-refractivity contribution in [2.24, 2.45) is 0 Å². The van der Waals surface area contributed by atoms with Crippen LogP contribution in [0.25, 0.3) is 0 Å². The third-order valence-corrected chi connectivity index (χ3v) is 7.90. The number of carbonyl (C=O) groups is 1. The van der Waals surface area contributed by atoms with E-state index in [1.807, 2.05) is 23.1 Å². The molecule has 2 heterocycles. The fourth-order valence-electron chi connectivity index (χ4n) is 4.43. The van der Waals surface area contributed by atoms with Crippen LogP contribution in [0.3, 0.4) is 0 Å². The number of hydrogen-bond donors (Lipinski definition) is 3. The van der Waals surface area contributed by atoms with Crippen LogP contribution in [0.4, 0.5) is 10.5 Å². The number of hydrogen-bond acceptors (Lipinski definition) is 7. The summed E-state index contributed by atoms with van der Waals surface area (Å²) in [6, 6.07) is 8.87. The molecule has 0 radical (unpaired) electrons. The first kappa shape index (κ1) is 24.5. The lowest BCUT2D eigenvalue weighted by Crippen LogP contribution is -2.44. The van der Waals surface area contributed by atoms with E-state index in [-0.39, 0.29) is 29.0 Å². The Bertz CT molecular complexity index is 1150. The van der Waals surface area contributed by atoms with E-state index >= 15 is 0 Å². The van der Waals surface area contributed by atoms with E-state index in [0.717, 1.165) is 5.56 Å². The van der Waals surface area contributed by atoms with Crippen LogP contribution in [-0.4, -0.2) is 56.0 Å². The monoisotopic (exact) mass is 509 g/mol. The average molecular weight is 510 g/mol. The summed E-state index contributed by atoms with van der Waals surface area (Å²) in [5, 5.41) is 9.02. The lowest BCUT2D eigenvalue weighted by Gasteiger charge is -2.29. The van der Waals surface area contributed by atoms with Crippen LogP contribution in [0.1, 0.15) is 37.7 Å². The number of anilines is 1. The van der Waals surface area contributed by atoms with E-state index < -0.39 is 21.7 Å². The number of benzene rings is 1. The molecule has 1 aliphatic heterocycles. The van der Waals surface area contributed by atoms with Gasteiger partial charge in [-0.1, -0.05) is 41.9 Å². The van der Waals surface area contributed by atoms with Gasteiger partial charge in [-0.2, -0.15) is 5.10 Å². The molecule has 1 amide bonds. The summed E-state index contributed by atoms with van der Waals surface area (Å²) < 4.78 is 33.3. The van der Waals surface area contributed by atoms with Crippen molar-refractivity contribution in [2.75, 3.05) is 18.0 Å². The molecule has 0 unspecified atom stereocenters. The van der Waals surface area contributed by atoms with Gasteiger partial charge >= 0.3 is 6.09 Å². The number of nitrogens with zero attached hydrogens (tertiary/aromatic N) is 2. The molecule has 1 aromatic heterocycles. The summed E-state index contributed by atoms with van der Waals surface area (Å²) in [6.07, 6.45) is 3.91. The molecule has 10 nitrogen and oxygen atoms in total. The highest BCUT2D eigenvalue weighted by Gasteiger charge is 2.30. The molecule has 1 saturated carbocycles. The maximum absolute atomic E-state index is 12.5. The molecule has 2 fully saturated rings. The highest BCUT2D eigenvalue weighted by molar-refractivity contribution is 7.88. The predicted molar refractivity (Wildman–Crippen MR) is 128 cm³/mol. The van der Waals surface area contributed by atoms with Gasteiger partial charge in [0.2, 0.25) is 10.0 Å². The number of ether oxygens (including phenoxy) is 1. The first-order valence-corrected chi connectivity index (χ1v) is 13.3. The van der Waals surface area contributed by atoms with Crippen molar-refractivity contribution in [3.63, 3.8) is 0 Å². The highest BCUT2D eigenvalue weighted by Crippen LogP contribution is 2.26. The van der Waals surface area contributed by atoms with Crippen molar-refractivity contribution < 1.29 is 17.9 Å². The smallest absolute Gasteiger partial charge is 0.407 e. The summed E-state index contributed by atoms with van der Waals surface area (Å²) in [7, 11) is -3.43. The van der Waals surface area contributed by atoms with E-state index in [4.69, 9.17) is 16.3 Å². The zero-order valence-electron chi connectivity index (χ0n) is 18.6. The van der Waals surface area contributed by atoms with E-state index in [1.54, 1.807) is 12.1 Å². The molecule has 1 aromatic carbocycles. The van der Waals surface area contributed by atoms with Crippen LogP contribution in [0.15, 0.2) is 41.3 Å². The minimum Gasteiger partial charge on any atom is -0.444 e. The fraction of sp³-hybridized carbons (Fsp3) is 0.500. The molecule has 12 heteroatoms. The maximum atomic E-state index is 12.5. The molecule has 4 rings (SSSR count). The minimum absolute atomic E-state index is 0.0462. The zero-order valence-corrected chi connectivity index (χ0v) is 20.1. The normalized spacial score (nSPS) is 23.0. The van der Waals surface area contributed by atoms with Crippen molar-refractivity contribution in [3.05, 3.63) is 57.5 Å². The van der Waals surface area contributed by atoms with E-state index in [0.29, 0.717) is 50.9 Å². The van der Waals surface area contributed by atoms with Gasteiger partial charge in [-0.15, -0.1) is 0 Å². The second-order valence-electron chi connectivity index (χ2n) is 8.72. The van der Waals surface area contributed by atoms with Crippen LogP contribution >= 0.6 is 11.6 Å². The van der Waals surface area contributed by atoms with Crippen molar-refractivity contribution >= 4 is 33.4 Å². The number of H-pyrrole nitrogens is 1. The molecule has 34 heavy (non-hydrogen) atoms. The Balaban J connectivity index is 1.19. The van der Waals surface area contributed by atoms with Gasteiger partial charge in [-0.3, -0.25) is 4.79 Å². The standard InChI is InChI=1S/C22H28ClN5O5S/c23-20-19(12-24-26-21(20)29)28-11-10-18(13-28)33-22(30)25-16-6-8-17(9-7-16)27-34(31,32)14-15-4-2-1-3-5-15/h1-5,12,16-18,27H,6-11,13-14H2,(H,25,30)(H,26,29)/t16?,17?,18-/m1/s1. The van der Waals surface area contributed by atoms with E-state index in [9.17, 15) is 18.0 Å². The first-order chi connectivity index (χ1) is 16.3. The minimum atomic E-state index is -3.43. The lowest BCUT2D eigenvalue weighted by atomic mass is 9.92. The summed E-state index contributed by atoms with van der Waals surface area (Å²) in [5.41, 5.74) is 0.806. The molecule has 1 atom stereocenters. The highest BCUT2D eigenvalue weighted by atomic mass is 35.5. The second-order valence-corrected chi connectivity index (χ2v) is 10.8. The Morgan fingerprint density at radius 3 is 2.59 bits per heavy atom. The van der Waals surface area contributed by atoms with E-state index in [2.05, 4.69) is 20.2 Å². The molecule has 0 bridgehead atoms. The van der Waals surface area contributed by atoms with Crippen molar-refractivity contribution in [2.45, 2.75) is 56.0 Å². The number of amides is 1. The maximum Gasteiger partial charge on any atom is 0.407 e. The number of sulfonamides is 1. The van der Waals surface area contributed by atoms with Gasteiger partial charge in [0.1, 0.15) is 11.1 Å². The fourth-order valence-corrected chi connectivity index (χ4v) is 6.10. The Kier molecular flexibility index (Phi) is 7.74. The van der Waals surface area contributed by atoms with Gasteiger partial charge in [0.05, 0.1) is 24.2 Å². The lowest BCUT2D eigenvalue weighted by molar-refractivity contribution is 0.102. The topological polar surface area (TPSA) is 133 Å². The van der Waals surface area contributed by atoms with Crippen LogP contribution in [-0.2, 0) is 20.5 Å². The summed E-state index contributed by atoms with van der Waals surface area (Å²) >= 11 is 6.06. The van der Waals surface area contributed by atoms with Crippen LogP contribution in [0.5, 0.6) is 0 Å². The van der Waals surface area contributed by atoms with Crippen molar-refractivity contribution in [1.29, 1.82) is 0 Å². The van der Waals surface area contributed by atoms with Gasteiger partial charge in [-0.05, 0) is 31.2 Å². The van der Waals surface area contributed by atoms with Crippen molar-refractivity contribution in [1.82, 2.24) is 20.2 Å². The zero-order chi connectivity index (χ0) is 24.1. The molecule has 2 aliphatic rings. The first-order valence-electron chi connectivity index (χ1n) is 11.3. The molecule has 0 spiro atoms. The molecular formula is C22H28ClN5O5S. The van der Waals surface area contributed by atoms with Gasteiger partial charge < -0.3 is 15.0 Å². The Morgan fingerprint density at radius 1 is 1.15 bits per heavy atom. The summed E-state index contributed by atoms with van der Waals surface area (Å²) in [4.78, 5) is 25.9. The summed E-state index contributed by atoms with van der Waals surface area (Å²) in [6.45, 7) is 1.02. The number of carbonyl (C=O) groups excluding carboxylic acids is 1. The molecule has 2 aromatic rings. The van der Waals surface area contributed by atoms with Gasteiger partial charge in [0.15, 0.2) is 0 Å². The Hall–Kier alpha value is -2.63. The largest absolute Gasteiger partial charge is 0.444 e.